The molecule has 3 heteroatoms. The predicted octanol–water partition coefficient (Wildman–Crippen LogP) is 2.20. The molecule has 3 atom stereocenters. The first kappa shape index (κ1) is 11.6. The van der Waals surface area contributed by atoms with Crippen LogP contribution in [0, 0.1) is 5.92 Å². The zero-order valence-corrected chi connectivity index (χ0v) is 10.3. The first-order valence-electron chi connectivity index (χ1n) is 6.42. The fourth-order valence-electron chi connectivity index (χ4n) is 3.12. The van der Waals surface area contributed by atoms with E-state index in [1.54, 1.807) is 0 Å². The molecule has 3 unspecified atom stereocenters. The van der Waals surface area contributed by atoms with Gasteiger partial charge in [-0.05, 0) is 38.1 Å². The average Bonchev–Trinajstić information content (AvgIpc) is 2.77. The molecule has 2 rings (SSSR count). The first-order valence-corrected chi connectivity index (χ1v) is 7.70. The Morgan fingerprint density at radius 2 is 1.73 bits per heavy atom. The quantitative estimate of drug-likeness (QED) is 0.806. The van der Waals surface area contributed by atoms with Crippen LogP contribution in [0.25, 0.3) is 0 Å². The van der Waals surface area contributed by atoms with Gasteiger partial charge in [-0.1, -0.05) is 25.7 Å². The van der Waals surface area contributed by atoms with E-state index in [4.69, 9.17) is 5.73 Å². The summed E-state index contributed by atoms with van der Waals surface area (Å²) in [7, 11) is -0.592. The summed E-state index contributed by atoms with van der Waals surface area (Å²) in [5, 5.41) is 0.925. The predicted molar refractivity (Wildman–Crippen MR) is 65.2 cm³/mol. The Labute approximate surface area is 95.5 Å². The Morgan fingerprint density at radius 3 is 2.40 bits per heavy atom. The second-order valence-electron chi connectivity index (χ2n) is 5.05. The largest absolute Gasteiger partial charge is 0.330 e. The topological polar surface area (TPSA) is 43.1 Å². The molecule has 2 fully saturated rings. The van der Waals surface area contributed by atoms with E-state index in [-0.39, 0.29) is 0 Å². The minimum Gasteiger partial charge on any atom is -0.330 e. The van der Waals surface area contributed by atoms with Crippen molar-refractivity contribution in [1.29, 1.82) is 0 Å². The van der Waals surface area contributed by atoms with Gasteiger partial charge in [0.1, 0.15) is 0 Å². The maximum absolute atomic E-state index is 12.4. The molecular formula is C12H23NOS. The molecule has 0 heterocycles. The molecule has 2 aliphatic rings. The molecule has 0 aromatic rings. The molecule has 88 valence electrons. The first-order chi connectivity index (χ1) is 7.33. The van der Waals surface area contributed by atoms with Crippen LogP contribution >= 0.6 is 0 Å². The summed E-state index contributed by atoms with van der Waals surface area (Å²) < 4.78 is 12.4. The molecular weight excluding hydrogens is 206 g/mol. The van der Waals surface area contributed by atoms with Gasteiger partial charge in [-0.2, -0.15) is 0 Å². The van der Waals surface area contributed by atoms with Crippen LogP contribution in [0.5, 0.6) is 0 Å². The van der Waals surface area contributed by atoms with Crippen molar-refractivity contribution >= 4 is 10.8 Å². The number of hydrogen-bond acceptors (Lipinski definition) is 2. The van der Waals surface area contributed by atoms with Gasteiger partial charge in [0.15, 0.2) is 0 Å². The molecule has 0 aliphatic heterocycles. The number of nitrogens with two attached hydrogens (primary N) is 1. The zero-order valence-electron chi connectivity index (χ0n) is 9.49. The SMILES string of the molecule is NCC1CCCC1S(=O)C1CCCCC1. The molecule has 0 saturated heterocycles. The van der Waals surface area contributed by atoms with Gasteiger partial charge in [-0.25, -0.2) is 0 Å². The third-order valence-electron chi connectivity index (χ3n) is 4.07. The van der Waals surface area contributed by atoms with Gasteiger partial charge in [0.05, 0.1) is 0 Å². The summed E-state index contributed by atoms with van der Waals surface area (Å²) >= 11 is 0. The number of rotatable bonds is 3. The summed E-state index contributed by atoms with van der Waals surface area (Å²) in [5.41, 5.74) is 5.76. The Hall–Kier alpha value is 0.110. The molecule has 2 aliphatic carbocycles. The normalized spacial score (nSPS) is 35.5. The molecule has 2 saturated carbocycles. The highest BCUT2D eigenvalue weighted by molar-refractivity contribution is 7.86. The lowest BCUT2D eigenvalue weighted by Gasteiger charge is -2.26. The van der Waals surface area contributed by atoms with Crippen molar-refractivity contribution in [2.45, 2.75) is 61.9 Å². The van der Waals surface area contributed by atoms with Gasteiger partial charge in [0, 0.05) is 21.3 Å². The van der Waals surface area contributed by atoms with Gasteiger partial charge >= 0.3 is 0 Å². The van der Waals surface area contributed by atoms with Crippen LogP contribution in [-0.2, 0) is 10.8 Å². The molecule has 2 N–H and O–H groups in total. The lowest BCUT2D eigenvalue weighted by atomic mass is 10.0. The van der Waals surface area contributed by atoms with Crippen molar-refractivity contribution in [1.82, 2.24) is 0 Å². The van der Waals surface area contributed by atoms with E-state index in [1.165, 1.54) is 44.9 Å². The molecule has 2 nitrogen and oxygen atoms in total. The highest BCUT2D eigenvalue weighted by Gasteiger charge is 2.34. The van der Waals surface area contributed by atoms with Crippen molar-refractivity contribution in [3.8, 4) is 0 Å². The Balaban J connectivity index is 1.93. The van der Waals surface area contributed by atoms with E-state index in [1.807, 2.05) is 0 Å². The van der Waals surface area contributed by atoms with Gasteiger partial charge in [-0.15, -0.1) is 0 Å². The van der Waals surface area contributed by atoms with E-state index in [0.29, 0.717) is 16.4 Å². The number of hydrogen-bond donors (Lipinski definition) is 1. The highest BCUT2D eigenvalue weighted by Crippen LogP contribution is 2.33. The van der Waals surface area contributed by atoms with Crippen LogP contribution in [0.1, 0.15) is 51.4 Å². The molecule has 0 aromatic carbocycles. The van der Waals surface area contributed by atoms with Gasteiger partial charge in [0.25, 0.3) is 0 Å². The Kier molecular flexibility index (Phi) is 4.21. The van der Waals surface area contributed by atoms with Crippen LogP contribution in [0.2, 0.25) is 0 Å². The van der Waals surface area contributed by atoms with E-state index in [0.717, 1.165) is 13.0 Å². The van der Waals surface area contributed by atoms with E-state index in [2.05, 4.69) is 0 Å². The summed E-state index contributed by atoms with van der Waals surface area (Å²) in [6.07, 6.45) is 9.92. The van der Waals surface area contributed by atoms with Gasteiger partial charge in [0.2, 0.25) is 0 Å². The fourth-order valence-corrected chi connectivity index (χ4v) is 5.44. The molecule has 0 bridgehead atoms. The lowest BCUT2D eigenvalue weighted by molar-refractivity contribution is 0.492. The van der Waals surface area contributed by atoms with Crippen LogP contribution in [0.4, 0.5) is 0 Å². The summed E-state index contributed by atoms with van der Waals surface area (Å²) in [5.74, 6) is 0.549. The van der Waals surface area contributed by atoms with Crippen LogP contribution in [-0.4, -0.2) is 21.3 Å². The minimum absolute atomic E-state index is 0.429. The minimum atomic E-state index is -0.592. The van der Waals surface area contributed by atoms with Crippen molar-refractivity contribution in [2.24, 2.45) is 11.7 Å². The molecule has 0 spiro atoms. The van der Waals surface area contributed by atoms with Crippen LogP contribution in [0.15, 0.2) is 0 Å². The van der Waals surface area contributed by atoms with E-state index in [9.17, 15) is 4.21 Å². The summed E-state index contributed by atoms with van der Waals surface area (Å²) in [6, 6.07) is 0. The third-order valence-corrected chi connectivity index (χ3v) is 6.42. The Morgan fingerprint density at radius 1 is 1.00 bits per heavy atom. The van der Waals surface area contributed by atoms with Crippen molar-refractivity contribution in [3.63, 3.8) is 0 Å². The monoisotopic (exact) mass is 229 g/mol. The van der Waals surface area contributed by atoms with Crippen molar-refractivity contribution < 1.29 is 4.21 Å². The maximum Gasteiger partial charge on any atom is 0.0391 e. The maximum atomic E-state index is 12.4. The second-order valence-corrected chi connectivity index (χ2v) is 6.98. The molecule has 0 radical (unpaired) electrons. The third kappa shape index (κ3) is 2.62. The molecule has 0 amide bonds. The summed E-state index contributed by atoms with van der Waals surface area (Å²) in [6.45, 7) is 0.739. The average molecular weight is 229 g/mol. The standard InChI is InChI=1S/C12H23NOS/c13-9-10-5-4-8-12(10)15(14)11-6-2-1-3-7-11/h10-12H,1-9,13H2. The lowest BCUT2D eigenvalue weighted by Crippen LogP contribution is -2.33. The van der Waals surface area contributed by atoms with Crippen LogP contribution in [0.3, 0.4) is 0 Å². The molecule has 0 aromatic heterocycles. The van der Waals surface area contributed by atoms with Crippen molar-refractivity contribution in [3.05, 3.63) is 0 Å². The smallest absolute Gasteiger partial charge is 0.0391 e. The molecule has 15 heavy (non-hydrogen) atoms. The van der Waals surface area contributed by atoms with E-state index >= 15 is 0 Å². The summed E-state index contributed by atoms with van der Waals surface area (Å²) in [4.78, 5) is 0. The van der Waals surface area contributed by atoms with E-state index < -0.39 is 10.8 Å². The Bertz CT molecular complexity index is 226. The van der Waals surface area contributed by atoms with Gasteiger partial charge in [-0.3, -0.25) is 4.21 Å². The van der Waals surface area contributed by atoms with Crippen LogP contribution < -0.4 is 5.73 Å². The zero-order chi connectivity index (χ0) is 10.7. The highest BCUT2D eigenvalue weighted by atomic mass is 32.2. The van der Waals surface area contributed by atoms with Crippen molar-refractivity contribution in [2.75, 3.05) is 6.54 Å². The second kappa shape index (κ2) is 5.44. The fraction of sp³-hybridized carbons (Fsp3) is 1.00. The van der Waals surface area contributed by atoms with Gasteiger partial charge < -0.3 is 5.73 Å².